The Labute approximate surface area is 191 Å². The first-order chi connectivity index (χ1) is 14.9. The lowest BCUT2D eigenvalue weighted by Crippen LogP contribution is -2.24. The minimum atomic E-state index is -0.576. The zero-order valence-corrected chi connectivity index (χ0v) is 18.8. The third kappa shape index (κ3) is 3.61. The predicted molar refractivity (Wildman–Crippen MR) is 117 cm³/mol. The van der Waals surface area contributed by atoms with Gasteiger partial charge in [-0.1, -0.05) is 17.7 Å². The van der Waals surface area contributed by atoms with Crippen LogP contribution in [0, 0.1) is 17.7 Å². The van der Waals surface area contributed by atoms with Crippen molar-refractivity contribution >= 4 is 33.3 Å². The Morgan fingerprint density at radius 3 is 2.71 bits per heavy atom. The maximum Gasteiger partial charge on any atom is 0.227 e. The molecule has 2 aliphatic rings. The number of aromatic nitrogens is 3. The number of ketones is 1. The van der Waals surface area contributed by atoms with Gasteiger partial charge in [0.05, 0.1) is 33.8 Å². The summed E-state index contributed by atoms with van der Waals surface area (Å²) < 4.78 is 29.8. The molecule has 4 nitrogen and oxygen atoms in total. The summed E-state index contributed by atoms with van der Waals surface area (Å²) in [5, 5.41) is 0.138. The highest BCUT2D eigenvalue weighted by molar-refractivity contribution is 9.10. The fraction of sp³-hybridized carbons (Fsp3) is 0.348. The van der Waals surface area contributed by atoms with Crippen molar-refractivity contribution in [1.29, 1.82) is 0 Å². The molecule has 1 saturated carbocycles. The van der Waals surface area contributed by atoms with Crippen molar-refractivity contribution in [2.45, 2.75) is 44.1 Å². The van der Waals surface area contributed by atoms with E-state index in [0.717, 1.165) is 48.1 Å². The van der Waals surface area contributed by atoms with Crippen molar-refractivity contribution in [3.05, 3.63) is 69.3 Å². The van der Waals surface area contributed by atoms with Crippen LogP contribution in [0.5, 0.6) is 0 Å². The SMILES string of the molecule is O=C(CC1c2c(cnc(F)c2Br)-c2cncn21)C1CCC(c2ccc(F)c(Cl)c2)CC1. The van der Waals surface area contributed by atoms with Gasteiger partial charge in [-0.25, -0.2) is 14.4 Å². The van der Waals surface area contributed by atoms with E-state index in [4.69, 9.17) is 11.6 Å². The zero-order chi connectivity index (χ0) is 21.7. The number of rotatable bonds is 4. The van der Waals surface area contributed by atoms with Crippen LogP contribution in [0.1, 0.15) is 55.2 Å². The molecule has 1 atom stereocenters. The smallest absolute Gasteiger partial charge is 0.227 e. The fourth-order valence-corrected chi connectivity index (χ4v) is 5.75. The number of hydrogen-bond donors (Lipinski definition) is 0. The number of carbonyl (C=O) groups is 1. The summed E-state index contributed by atoms with van der Waals surface area (Å²) in [6, 6.07) is 4.59. The molecular weight excluding hydrogens is 488 g/mol. The molecule has 0 amide bonds. The molecule has 31 heavy (non-hydrogen) atoms. The van der Waals surface area contributed by atoms with Crippen LogP contribution < -0.4 is 0 Å². The molecule has 0 spiro atoms. The van der Waals surface area contributed by atoms with E-state index < -0.39 is 11.8 Å². The van der Waals surface area contributed by atoms with Gasteiger partial charge in [0.15, 0.2) is 0 Å². The second-order valence-corrected chi connectivity index (χ2v) is 9.49. The van der Waals surface area contributed by atoms with E-state index in [1.807, 2.05) is 4.57 Å². The number of halogens is 4. The van der Waals surface area contributed by atoms with E-state index in [1.54, 1.807) is 24.7 Å². The number of benzene rings is 1. The molecule has 0 radical (unpaired) electrons. The second kappa shape index (κ2) is 8.10. The molecular formula is C23H19BrClF2N3O. The monoisotopic (exact) mass is 505 g/mol. The summed E-state index contributed by atoms with van der Waals surface area (Å²) in [5.41, 5.74) is 3.43. The van der Waals surface area contributed by atoms with Crippen LogP contribution in [0.25, 0.3) is 11.3 Å². The molecule has 1 aliphatic heterocycles. The van der Waals surface area contributed by atoms with Crippen LogP contribution in [0.3, 0.4) is 0 Å². The summed E-state index contributed by atoms with van der Waals surface area (Å²) in [5.74, 6) is -0.564. The Morgan fingerprint density at radius 1 is 1.19 bits per heavy atom. The number of fused-ring (bicyclic) bond motifs is 3. The van der Waals surface area contributed by atoms with Gasteiger partial charge in [0, 0.05) is 29.7 Å². The predicted octanol–water partition coefficient (Wildman–Crippen LogP) is 6.48. The van der Waals surface area contributed by atoms with Gasteiger partial charge in [0.25, 0.3) is 0 Å². The van der Waals surface area contributed by atoms with Gasteiger partial charge in [-0.2, -0.15) is 4.39 Å². The van der Waals surface area contributed by atoms with Gasteiger partial charge >= 0.3 is 0 Å². The molecule has 1 aromatic carbocycles. The van der Waals surface area contributed by atoms with Crippen LogP contribution >= 0.6 is 27.5 Å². The number of Topliss-reactive ketones (excluding diaryl/α,β-unsaturated/α-hetero) is 1. The highest BCUT2D eigenvalue weighted by atomic mass is 79.9. The highest BCUT2D eigenvalue weighted by Gasteiger charge is 2.36. The standard InChI is InChI=1S/C23H19BrClF2N3O/c24-22-21-15(9-29-23(22)27)19-10-28-11-30(19)18(21)8-20(31)13-3-1-12(2-4-13)14-5-6-17(26)16(25)7-14/h5-7,9-13,18H,1-4,8H2. The van der Waals surface area contributed by atoms with Crippen molar-refractivity contribution in [3.63, 3.8) is 0 Å². The first-order valence-electron chi connectivity index (χ1n) is 10.3. The van der Waals surface area contributed by atoms with E-state index in [0.29, 0.717) is 4.47 Å². The van der Waals surface area contributed by atoms with Crippen molar-refractivity contribution in [1.82, 2.24) is 14.5 Å². The van der Waals surface area contributed by atoms with Crippen LogP contribution in [0.4, 0.5) is 8.78 Å². The van der Waals surface area contributed by atoms with Crippen LogP contribution in [0.2, 0.25) is 5.02 Å². The Kier molecular flexibility index (Phi) is 5.42. The normalized spacial score (nSPS) is 22.3. The minimum Gasteiger partial charge on any atom is -0.322 e. The molecule has 8 heteroatoms. The Balaban J connectivity index is 1.31. The number of hydrogen-bond acceptors (Lipinski definition) is 3. The first kappa shape index (κ1) is 20.8. The lowest BCUT2D eigenvalue weighted by Gasteiger charge is -2.29. The van der Waals surface area contributed by atoms with Crippen LogP contribution in [0.15, 0.2) is 41.4 Å². The largest absolute Gasteiger partial charge is 0.322 e. The van der Waals surface area contributed by atoms with Crippen molar-refractivity contribution in [3.8, 4) is 11.3 Å². The zero-order valence-electron chi connectivity index (χ0n) is 16.5. The van der Waals surface area contributed by atoms with E-state index in [2.05, 4.69) is 25.9 Å². The van der Waals surface area contributed by atoms with Gasteiger partial charge in [0.1, 0.15) is 11.6 Å². The van der Waals surface area contributed by atoms with Gasteiger partial charge in [0.2, 0.25) is 5.95 Å². The molecule has 0 saturated heterocycles. The molecule has 3 aromatic rings. The van der Waals surface area contributed by atoms with Gasteiger partial charge in [-0.15, -0.1) is 0 Å². The van der Waals surface area contributed by atoms with Gasteiger partial charge in [-0.3, -0.25) is 4.79 Å². The van der Waals surface area contributed by atoms with Crippen molar-refractivity contribution < 1.29 is 13.6 Å². The summed E-state index contributed by atoms with van der Waals surface area (Å²) >= 11 is 9.26. The molecule has 5 rings (SSSR count). The van der Waals surface area contributed by atoms with E-state index >= 15 is 0 Å². The lowest BCUT2D eigenvalue weighted by atomic mass is 9.76. The summed E-state index contributed by atoms with van der Waals surface area (Å²) in [4.78, 5) is 21.2. The summed E-state index contributed by atoms with van der Waals surface area (Å²) in [6.45, 7) is 0. The molecule has 3 heterocycles. The van der Waals surface area contributed by atoms with Crippen LogP contribution in [-0.4, -0.2) is 20.3 Å². The first-order valence-corrected chi connectivity index (χ1v) is 11.4. The number of carbonyl (C=O) groups excluding carboxylic acids is 1. The minimum absolute atomic E-state index is 0.0337. The maximum absolute atomic E-state index is 14.1. The lowest BCUT2D eigenvalue weighted by molar-refractivity contribution is -0.124. The van der Waals surface area contributed by atoms with Gasteiger partial charge < -0.3 is 4.57 Å². The quantitative estimate of drug-likeness (QED) is 0.381. The second-order valence-electron chi connectivity index (χ2n) is 8.28. The number of imidazole rings is 1. The molecule has 160 valence electrons. The van der Waals surface area contributed by atoms with E-state index in [1.165, 1.54) is 12.3 Å². The molecule has 1 fully saturated rings. The third-order valence-electron chi connectivity index (χ3n) is 6.62. The third-order valence-corrected chi connectivity index (χ3v) is 7.66. The Hall–Kier alpha value is -2.12. The highest BCUT2D eigenvalue weighted by Crippen LogP contribution is 2.46. The molecule has 2 aromatic heterocycles. The molecule has 0 N–H and O–H groups in total. The average molecular weight is 507 g/mol. The molecule has 1 aliphatic carbocycles. The summed E-state index contributed by atoms with van der Waals surface area (Å²) in [6.07, 6.45) is 8.47. The topological polar surface area (TPSA) is 47.8 Å². The van der Waals surface area contributed by atoms with E-state index in [9.17, 15) is 13.6 Å². The number of nitrogens with zero attached hydrogens (tertiary/aromatic N) is 3. The van der Waals surface area contributed by atoms with Crippen molar-refractivity contribution in [2.75, 3.05) is 0 Å². The van der Waals surface area contributed by atoms with Crippen LogP contribution in [-0.2, 0) is 4.79 Å². The Bertz CT molecular complexity index is 1170. The fourth-order valence-electron chi connectivity index (χ4n) is 4.98. The molecule has 1 unspecified atom stereocenters. The van der Waals surface area contributed by atoms with E-state index in [-0.39, 0.29) is 35.1 Å². The Morgan fingerprint density at radius 2 is 1.97 bits per heavy atom. The number of pyridine rings is 1. The maximum atomic E-state index is 14.1. The van der Waals surface area contributed by atoms with Crippen molar-refractivity contribution in [2.24, 2.45) is 5.92 Å². The molecule has 0 bridgehead atoms. The average Bonchev–Trinajstić information content (AvgIpc) is 3.35. The summed E-state index contributed by atoms with van der Waals surface area (Å²) in [7, 11) is 0. The van der Waals surface area contributed by atoms with Gasteiger partial charge in [-0.05, 0) is 65.2 Å².